The molecule has 1 atom stereocenters. The molecular formula is C19H20ClN5O2. The van der Waals surface area contributed by atoms with Crippen molar-refractivity contribution in [2.75, 3.05) is 30.4 Å². The molecule has 1 fully saturated rings. The van der Waals surface area contributed by atoms with E-state index in [0.29, 0.717) is 35.3 Å². The molecule has 2 amide bonds. The first-order valence-electron chi connectivity index (χ1n) is 8.51. The predicted molar refractivity (Wildman–Crippen MR) is 105 cm³/mol. The number of carbonyl (C=O) groups is 2. The van der Waals surface area contributed by atoms with Gasteiger partial charge in [0.1, 0.15) is 0 Å². The van der Waals surface area contributed by atoms with Gasteiger partial charge in [0.05, 0.1) is 17.4 Å². The summed E-state index contributed by atoms with van der Waals surface area (Å²) >= 11 is 5.78. The van der Waals surface area contributed by atoms with E-state index in [1.807, 2.05) is 0 Å². The number of nitrogens with zero attached hydrogens (tertiary/aromatic N) is 4. The van der Waals surface area contributed by atoms with E-state index < -0.39 is 0 Å². The summed E-state index contributed by atoms with van der Waals surface area (Å²) in [6.45, 7) is 4.70. The zero-order valence-electron chi connectivity index (χ0n) is 14.9. The van der Waals surface area contributed by atoms with Crippen LogP contribution < -0.4 is 10.2 Å². The lowest BCUT2D eigenvalue weighted by Crippen LogP contribution is -2.32. The van der Waals surface area contributed by atoms with Crippen LogP contribution in [-0.4, -0.2) is 52.9 Å². The SMILES string of the molecule is C=CC(=O)N(C)c1ccc(C(=O)N2CC[C@@H](Nc3ncc(Cl)cn3)C2)cc1. The summed E-state index contributed by atoms with van der Waals surface area (Å²) in [7, 11) is 1.66. The second kappa shape index (κ2) is 8.18. The van der Waals surface area contributed by atoms with Crippen molar-refractivity contribution in [3.63, 3.8) is 0 Å². The molecule has 0 radical (unpaired) electrons. The Morgan fingerprint density at radius 1 is 1.30 bits per heavy atom. The lowest BCUT2D eigenvalue weighted by atomic mass is 10.1. The van der Waals surface area contributed by atoms with E-state index in [4.69, 9.17) is 11.6 Å². The van der Waals surface area contributed by atoms with Crippen molar-refractivity contribution >= 4 is 35.1 Å². The molecule has 0 bridgehead atoms. The van der Waals surface area contributed by atoms with E-state index in [1.165, 1.54) is 23.4 Å². The minimum Gasteiger partial charge on any atom is -0.350 e. The molecule has 2 heterocycles. The molecule has 27 heavy (non-hydrogen) atoms. The van der Waals surface area contributed by atoms with Crippen molar-refractivity contribution < 1.29 is 9.59 Å². The Kier molecular flexibility index (Phi) is 5.71. The van der Waals surface area contributed by atoms with Gasteiger partial charge in [-0.2, -0.15) is 0 Å². The van der Waals surface area contributed by atoms with Crippen LogP contribution in [0.25, 0.3) is 0 Å². The largest absolute Gasteiger partial charge is 0.350 e. The fraction of sp³-hybridized carbons (Fsp3) is 0.263. The van der Waals surface area contributed by atoms with Crippen molar-refractivity contribution in [1.29, 1.82) is 0 Å². The number of likely N-dealkylation sites (tertiary alicyclic amines) is 1. The van der Waals surface area contributed by atoms with Crippen LogP contribution in [0.1, 0.15) is 16.8 Å². The molecule has 0 unspecified atom stereocenters. The third-order valence-corrected chi connectivity index (χ3v) is 4.63. The van der Waals surface area contributed by atoms with E-state index in [1.54, 1.807) is 36.2 Å². The first kappa shape index (κ1) is 18.8. The standard InChI is InChI=1S/C19H20ClN5O2/c1-3-17(26)24(2)16-6-4-13(5-7-16)18(27)25-9-8-15(12-25)23-19-21-10-14(20)11-22-19/h3-7,10-11,15H,1,8-9,12H2,2H3,(H,21,22,23)/t15-/m1/s1. The highest BCUT2D eigenvalue weighted by molar-refractivity contribution is 6.30. The van der Waals surface area contributed by atoms with Crippen molar-refractivity contribution in [2.45, 2.75) is 12.5 Å². The second-order valence-electron chi connectivity index (χ2n) is 6.25. The first-order valence-corrected chi connectivity index (χ1v) is 8.89. The topological polar surface area (TPSA) is 78.4 Å². The second-order valence-corrected chi connectivity index (χ2v) is 6.69. The minimum atomic E-state index is -0.202. The normalized spacial score (nSPS) is 16.1. The Bertz CT molecular complexity index is 838. The maximum atomic E-state index is 12.7. The van der Waals surface area contributed by atoms with Gasteiger partial charge in [-0.3, -0.25) is 9.59 Å². The number of amides is 2. The van der Waals surface area contributed by atoms with Gasteiger partial charge in [-0.25, -0.2) is 9.97 Å². The molecule has 1 aromatic heterocycles. The van der Waals surface area contributed by atoms with Crippen LogP contribution >= 0.6 is 11.6 Å². The maximum absolute atomic E-state index is 12.7. The highest BCUT2D eigenvalue weighted by Gasteiger charge is 2.27. The summed E-state index contributed by atoms with van der Waals surface area (Å²) < 4.78 is 0. The van der Waals surface area contributed by atoms with Crippen LogP contribution in [-0.2, 0) is 4.79 Å². The van der Waals surface area contributed by atoms with Gasteiger partial charge in [-0.1, -0.05) is 18.2 Å². The van der Waals surface area contributed by atoms with Gasteiger partial charge in [0.25, 0.3) is 5.91 Å². The lowest BCUT2D eigenvalue weighted by molar-refractivity contribution is -0.113. The van der Waals surface area contributed by atoms with E-state index in [-0.39, 0.29) is 17.9 Å². The molecule has 1 aromatic carbocycles. The number of rotatable bonds is 5. The first-order chi connectivity index (χ1) is 13.0. The number of benzene rings is 1. The molecule has 8 heteroatoms. The monoisotopic (exact) mass is 385 g/mol. The quantitative estimate of drug-likeness (QED) is 0.800. The van der Waals surface area contributed by atoms with Crippen molar-refractivity contribution in [2.24, 2.45) is 0 Å². The number of anilines is 2. The van der Waals surface area contributed by atoms with Gasteiger partial charge in [-0.15, -0.1) is 0 Å². The molecule has 1 aliphatic heterocycles. The molecule has 0 aliphatic carbocycles. The number of nitrogens with one attached hydrogen (secondary N) is 1. The molecule has 1 saturated heterocycles. The van der Waals surface area contributed by atoms with Gasteiger partial charge in [0, 0.05) is 37.4 Å². The average Bonchev–Trinajstić information content (AvgIpc) is 3.16. The number of halogens is 1. The molecule has 0 spiro atoms. The smallest absolute Gasteiger partial charge is 0.253 e. The third kappa shape index (κ3) is 4.43. The maximum Gasteiger partial charge on any atom is 0.253 e. The number of likely N-dealkylation sites (N-methyl/N-ethyl adjacent to an activating group) is 1. The van der Waals surface area contributed by atoms with Crippen LogP contribution in [0.3, 0.4) is 0 Å². The highest BCUT2D eigenvalue weighted by atomic mass is 35.5. The summed E-state index contributed by atoms with van der Waals surface area (Å²) in [5.41, 5.74) is 1.29. The van der Waals surface area contributed by atoms with E-state index in [2.05, 4.69) is 21.9 Å². The van der Waals surface area contributed by atoms with Crippen LogP contribution in [0, 0.1) is 0 Å². The van der Waals surface area contributed by atoms with Gasteiger partial charge in [0.2, 0.25) is 11.9 Å². The van der Waals surface area contributed by atoms with Gasteiger partial charge < -0.3 is 15.1 Å². The molecule has 1 aliphatic rings. The summed E-state index contributed by atoms with van der Waals surface area (Å²) in [5, 5.41) is 3.70. The molecule has 1 N–H and O–H groups in total. The van der Waals surface area contributed by atoms with Crippen LogP contribution in [0.4, 0.5) is 11.6 Å². The number of hydrogen-bond acceptors (Lipinski definition) is 5. The lowest BCUT2D eigenvalue weighted by Gasteiger charge is -2.19. The predicted octanol–water partition coefficient (Wildman–Crippen LogP) is 2.61. The number of hydrogen-bond donors (Lipinski definition) is 1. The Labute approximate surface area is 162 Å². The number of carbonyl (C=O) groups excluding carboxylic acids is 2. The van der Waals surface area contributed by atoms with Crippen molar-refractivity contribution in [3.8, 4) is 0 Å². The summed E-state index contributed by atoms with van der Waals surface area (Å²) in [5.74, 6) is 0.255. The zero-order valence-corrected chi connectivity index (χ0v) is 15.7. The fourth-order valence-electron chi connectivity index (χ4n) is 2.91. The molecule has 2 aromatic rings. The van der Waals surface area contributed by atoms with Gasteiger partial charge >= 0.3 is 0 Å². The van der Waals surface area contributed by atoms with Crippen LogP contribution in [0.5, 0.6) is 0 Å². The number of aromatic nitrogens is 2. The zero-order chi connectivity index (χ0) is 19.4. The minimum absolute atomic E-state index is 0.0411. The summed E-state index contributed by atoms with van der Waals surface area (Å²) in [6, 6.07) is 7.05. The Balaban J connectivity index is 1.60. The Morgan fingerprint density at radius 2 is 1.96 bits per heavy atom. The highest BCUT2D eigenvalue weighted by Crippen LogP contribution is 2.19. The van der Waals surface area contributed by atoms with Gasteiger partial charge in [-0.05, 0) is 36.8 Å². The van der Waals surface area contributed by atoms with Gasteiger partial charge in [0.15, 0.2) is 0 Å². The molecule has 7 nitrogen and oxygen atoms in total. The van der Waals surface area contributed by atoms with E-state index >= 15 is 0 Å². The van der Waals surface area contributed by atoms with Crippen LogP contribution in [0.2, 0.25) is 5.02 Å². The van der Waals surface area contributed by atoms with E-state index in [0.717, 1.165) is 6.42 Å². The molecule has 0 saturated carbocycles. The van der Waals surface area contributed by atoms with Crippen molar-refractivity contribution in [3.05, 3.63) is 59.9 Å². The Morgan fingerprint density at radius 3 is 2.59 bits per heavy atom. The third-order valence-electron chi connectivity index (χ3n) is 4.44. The fourth-order valence-corrected chi connectivity index (χ4v) is 3.00. The molecular weight excluding hydrogens is 366 g/mol. The molecule has 140 valence electrons. The molecule has 3 rings (SSSR count). The van der Waals surface area contributed by atoms with Crippen molar-refractivity contribution in [1.82, 2.24) is 14.9 Å². The summed E-state index contributed by atoms with van der Waals surface area (Å²) in [4.78, 5) is 35.9. The van der Waals surface area contributed by atoms with E-state index in [9.17, 15) is 9.59 Å². The average molecular weight is 386 g/mol. The summed E-state index contributed by atoms with van der Waals surface area (Å²) in [6.07, 6.45) is 5.13. The van der Waals surface area contributed by atoms with Crippen LogP contribution in [0.15, 0.2) is 49.3 Å². The Hall–Kier alpha value is -2.93.